The SMILES string of the molecule is CN=C(NCc1ccc(Br)cc1)NC1CCN(c2ccccc2)CC1. The molecule has 0 aliphatic carbocycles. The van der Waals surface area contributed by atoms with Crippen LogP contribution in [0.25, 0.3) is 0 Å². The van der Waals surface area contributed by atoms with Crippen molar-refractivity contribution in [3.05, 3.63) is 64.6 Å². The summed E-state index contributed by atoms with van der Waals surface area (Å²) in [6.07, 6.45) is 2.24. The Labute approximate surface area is 158 Å². The maximum Gasteiger partial charge on any atom is 0.191 e. The maximum absolute atomic E-state index is 4.36. The Morgan fingerprint density at radius 3 is 2.40 bits per heavy atom. The number of piperidine rings is 1. The molecule has 3 rings (SSSR count). The lowest BCUT2D eigenvalue weighted by Crippen LogP contribution is -2.48. The smallest absolute Gasteiger partial charge is 0.191 e. The Morgan fingerprint density at radius 2 is 1.76 bits per heavy atom. The summed E-state index contributed by atoms with van der Waals surface area (Å²) in [5, 5.41) is 6.97. The molecule has 2 N–H and O–H groups in total. The molecule has 1 aliphatic rings. The van der Waals surface area contributed by atoms with Gasteiger partial charge in [0, 0.05) is 42.9 Å². The number of hydrogen-bond acceptors (Lipinski definition) is 2. The Morgan fingerprint density at radius 1 is 1.08 bits per heavy atom. The minimum absolute atomic E-state index is 0.469. The Kier molecular flexibility index (Phi) is 6.34. The first-order chi connectivity index (χ1) is 12.2. The molecular weight excluding hydrogens is 376 g/mol. The maximum atomic E-state index is 4.36. The largest absolute Gasteiger partial charge is 0.371 e. The number of rotatable bonds is 4. The van der Waals surface area contributed by atoms with E-state index in [1.807, 2.05) is 7.05 Å². The first-order valence-electron chi connectivity index (χ1n) is 8.76. The third-order valence-corrected chi connectivity index (χ3v) is 5.08. The second kappa shape index (κ2) is 8.90. The topological polar surface area (TPSA) is 39.7 Å². The quantitative estimate of drug-likeness (QED) is 0.605. The van der Waals surface area contributed by atoms with E-state index in [1.165, 1.54) is 11.3 Å². The Balaban J connectivity index is 1.46. The van der Waals surface area contributed by atoms with Crippen molar-refractivity contribution in [3.63, 3.8) is 0 Å². The van der Waals surface area contributed by atoms with Crippen LogP contribution in [0.5, 0.6) is 0 Å². The van der Waals surface area contributed by atoms with Crippen molar-refractivity contribution in [2.24, 2.45) is 4.99 Å². The van der Waals surface area contributed by atoms with Crippen LogP contribution in [0, 0.1) is 0 Å². The number of anilines is 1. The van der Waals surface area contributed by atoms with Gasteiger partial charge in [-0.3, -0.25) is 4.99 Å². The first kappa shape index (κ1) is 17.8. The second-order valence-electron chi connectivity index (χ2n) is 6.29. The molecule has 1 fully saturated rings. The molecule has 2 aromatic rings. The molecule has 0 spiro atoms. The summed E-state index contributed by atoms with van der Waals surface area (Å²) in [7, 11) is 1.83. The van der Waals surface area contributed by atoms with Crippen molar-refractivity contribution in [1.82, 2.24) is 10.6 Å². The average molecular weight is 401 g/mol. The first-order valence-corrected chi connectivity index (χ1v) is 9.55. The normalized spacial score (nSPS) is 15.9. The fourth-order valence-corrected chi connectivity index (χ4v) is 3.36. The number of hydrogen-bond donors (Lipinski definition) is 2. The summed E-state index contributed by atoms with van der Waals surface area (Å²) in [5.74, 6) is 0.876. The molecule has 1 aliphatic heterocycles. The van der Waals surface area contributed by atoms with Crippen LogP contribution in [-0.4, -0.2) is 32.1 Å². The van der Waals surface area contributed by atoms with E-state index in [0.717, 1.165) is 42.9 Å². The molecule has 0 atom stereocenters. The highest BCUT2D eigenvalue weighted by atomic mass is 79.9. The fraction of sp³-hybridized carbons (Fsp3) is 0.350. The number of halogens is 1. The van der Waals surface area contributed by atoms with Crippen molar-refractivity contribution in [2.75, 3.05) is 25.0 Å². The van der Waals surface area contributed by atoms with Crippen LogP contribution in [0.1, 0.15) is 18.4 Å². The summed E-state index contributed by atoms with van der Waals surface area (Å²) in [5.41, 5.74) is 2.56. The third-order valence-electron chi connectivity index (χ3n) is 4.55. The van der Waals surface area contributed by atoms with E-state index in [4.69, 9.17) is 0 Å². The zero-order valence-corrected chi connectivity index (χ0v) is 16.2. The number of aliphatic imine (C=N–C) groups is 1. The van der Waals surface area contributed by atoms with Crippen LogP contribution in [0.2, 0.25) is 0 Å². The summed E-state index contributed by atoms with van der Waals surface area (Å²) < 4.78 is 1.10. The van der Waals surface area contributed by atoms with E-state index in [0.29, 0.717) is 6.04 Å². The lowest BCUT2D eigenvalue weighted by molar-refractivity contribution is 0.461. The number of benzene rings is 2. The van der Waals surface area contributed by atoms with E-state index in [2.05, 4.69) is 91.1 Å². The van der Waals surface area contributed by atoms with Gasteiger partial charge in [0.1, 0.15) is 0 Å². The summed E-state index contributed by atoms with van der Waals surface area (Å²) >= 11 is 3.47. The second-order valence-corrected chi connectivity index (χ2v) is 7.21. The van der Waals surface area contributed by atoms with Gasteiger partial charge in [-0.15, -0.1) is 0 Å². The summed E-state index contributed by atoms with van der Waals surface area (Å²) in [4.78, 5) is 6.82. The molecule has 25 heavy (non-hydrogen) atoms. The lowest BCUT2D eigenvalue weighted by atomic mass is 10.0. The Bertz CT molecular complexity index is 677. The molecule has 0 unspecified atom stereocenters. The van der Waals surface area contributed by atoms with Gasteiger partial charge in [-0.25, -0.2) is 0 Å². The van der Waals surface area contributed by atoms with E-state index >= 15 is 0 Å². The van der Waals surface area contributed by atoms with E-state index < -0.39 is 0 Å². The van der Waals surface area contributed by atoms with Crippen molar-refractivity contribution in [1.29, 1.82) is 0 Å². The Hall–Kier alpha value is -2.01. The fourth-order valence-electron chi connectivity index (χ4n) is 3.10. The number of para-hydroxylation sites is 1. The molecule has 0 amide bonds. The van der Waals surface area contributed by atoms with E-state index in [9.17, 15) is 0 Å². The van der Waals surface area contributed by atoms with Crippen LogP contribution >= 0.6 is 15.9 Å². The minimum Gasteiger partial charge on any atom is -0.371 e. The van der Waals surface area contributed by atoms with E-state index in [1.54, 1.807) is 0 Å². The van der Waals surface area contributed by atoms with Crippen LogP contribution < -0.4 is 15.5 Å². The minimum atomic E-state index is 0.469. The molecule has 132 valence electrons. The van der Waals surface area contributed by atoms with Crippen LogP contribution in [0.4, 0.5) is 5.69 Å². The monoisotopic (exact) mass is 400 g/mol. The highest BCUT2D eigenvalue weighted by Crippen LogP contribution is 2.19. The van der Waals surface area contributed by atoms with Gasteiger partial charge >= 0.3 is 0 Å². The van der Waals surface area contributed by atoms with Crippen molar-refractivity contribution in [2.45, 2.75) is 25.4 Å². The van der Waals surface area contributed by atoms with Gasteiger partial charge in [0.05, 0.1) is 0 Å². The van der Waals surface area contributed by atoms with Crippen molar-refractivity contribution >= 4 is 27.6 Å². The molecule has 4 nitrogen and oxygen atoms in total. The van der Waals surface area contributed by atoms with Gasteiger partial charge in [-0.2, -0.15) is 0 Å². The molecule has 0 saturated carbocycles. The van der Waals surface area contributed by atoms with Crippen LogP contribution in [-0.2, 0) is 6.54 Å². The van der Waals surface area contributed by atoms with Crippen molar-refractivity contribution in [3.8, 4) is 0 Å². The molecule has 0 aromatic heterocycles. The molecule has 1 heterocycles. The van der Waals surface area contributed by atoms with Crippen molar-refractivity contribution < 1.29 is 0 Å². The predicted octanol–water partition coefficient (Wildman–Crippen LogP) is 3.78. The van der Waals surface area contributed by atoms with Gasteiger partial charge < -0.3 is 15.5 Å². The average Bonchev–Trinajstić information content (AvgIpc) is 2.67. The molecule has 5 heteroatoms. The standard InChI is InChI=1S/C20H25BrN4/c1-22-20(23-15-16-7-9-17(21)10-8-16)24-18-11-13-25(14-12-18)19-5-3-2-4-6-19/h2-10,18H,11-15H2,1H3,(H2,22,23,24). The van der Waals surface area contributed by atoms with Gasteiger partial charge in [0.2, 0.25) is 0 Å². The van der Waals surface area contributed by atoms with E-state index in [-0.39, 0.29) is 0 Å². The highest BCUT2D eigenvalue weighted by molar-refractivity contribution is 9.10. The van der Waals surface area contributed by atoms with Gasteiger partial charge in [-0.05, 0) is 42.7 Å². The molecule has 1 saturated heterocycles. The summed E-state index contributed by atoms with van der Waals surface area (Å²) in [6.45, 7) is 2.92. The number of nitrogens with one attached hydrogen (secondary N) is 2. The molecular formula is C20H25BrN4. The predicted molar refractivity (Wildman–Crippen MR) is 109 cm³/mol. The zero-order valence-electron chi connectivity index (χ0n) is 14.6. The summed E-state index contributed by atoms with van der Waals surface area (Å²) in [6, 6.07) is 19.5. The van der Waals surface area contributed by atoms with Crippen LogP contribution in [0.3, 0.4) is 0 Å². The number of guanidine groups is 1. The highest BCUT2D eigenvalue weighted by Gasteiger charge is 2.20. The number of nitrogens with zero attached hydrogens (tertiary/aromatic N) is 2. The van der Waals surface area contributed by atoms with Gasteiger partial charge in [0.25, 0.3) is 0 Å². The van der Waals surface area contributed by atoms with Gasteiger partial charge in [0.15, 0.2) is 5.96 Å². The molecule has 0 radical (unpaired) electrons. The lowest BCUT2D eigenvalue weighted by Gasteiger charge is -2.34. The molecule has 0 bridgehead atoms. The molecule has 2 aromatic carbocycles. The third kappa shape index (κ3) is 5.23. The van der Waals surface area contributed by atoms with Crippen LogP contribution in [0.15, 0.2) is 64.1 Å². The zero-order chi connectivity index (χ0) is 17.5. The van der Waals surface area contributed by atoms with Gasteiger partial charge in [-0.1, -0.05) is 46.3 Å².